The molecule has 0 aliphatic carbocycles. The molecule has 206 valence electrons. The Morgan fingerprint density at radius 3 is 2.38 bits per heavy atom. The number of rotatable bonds is 12. The van der Waals surface area contributed by atoms with Gasteiger partial charge >= 0.3 is 0 Å². The fourth-order valence-electron chi connectivity index (χ4n) is 4.45. The molecular formula is C27H31N5O6S. The molecule has 2 amide bonds. The highest BCUT2D eigenvalue weighted by Crippen LogP contribution is 2.20. The maximum Gasteiger partial charge on any atom is 0.286 e. The van der Waals surface area contributed by atoms with E-state index in [9.17, 15) is 22.8 Å². The lowest BCUT2D eigenvalue weighted by Crippen LogP contribution is -2.46. The van der Waals surface area contributed by atoms with E-state index in [0.29, 0.717) is 24.2 Å². The van der Waals surface area contributed by atoms with Crippen molar-refractivity contribution in [3.05, 3.63) is 66.3 Å². The van der Waals surface area contributed by atoms with Crippen LogP contribution in [0.5, 0.6) is 0 Å². The number of pyridine rings is 1. The normalized spacial score (nSPS) is 15.1. The molecule has 39 heavy (non-hydrogen) atoms. The van der Waals surface area contributed by atoms with Gasteiger partial charge in [0.2, 0.25) is 23.5 Å². The summed E-state index contributed by atoms with van der Waals surface area (Å²) < 4.78 is 31.6. The van der Waals surface area contributed by atoms with Gasteiger partial charge in [0, 0.05) is 37.5 Å². The number of aromatic nitrogens is 3. The van der Waals surface area contributed by atoms with E-state index in [0.717, 1.165) is 12.8 Å². The van der Waals surface area contributed by atoms with Crippen molar-refractivity contribution in [1.82, 2.24) is 25.4 Å². The average molecular weight is 554 g/mol. The van der Waals surface area contributed by atoms with Gasteiger partial charge in [-0.2, -0.15) is 0 Å². The lowest BCUT2D eigenvalue weighted by Gasteiger charge is -2.23. The Morgan fingerprint density at radius 1 is 1.03 bits per heavy atom. The lowest BCUT2D eigenvalue weighted by molar-refractivity contribution is -0.135. The second-order valence-electron chi connectivity index (χ2n) is 9.51. The van der Waals surface area contributed by atoms with Gasteiger partial charge in [-0.25, -0.2) is 8.42 Å². The number of Topliss-reactive ketones (excluding diaryl/α,β-unsaturated/α-hetero) is 1. The van der Waals surface area contributed by atoms with E-state index in [1.54, 1.807) is 66.7 Å². The Balaban J connectivity index is 1.49. The summed E-state index contributed by atoms with van der Waals surface area (Å²) in [5, 5.41) is 10.4. The number of benzene rings is 1. The monoisotopic (exact) mass is 553 g/mol. The molecule has 2 atom stereocenters. The predicted octanol–water partition coefficient (Wildman–Crippen LogP) is 2.45. The van der Waals surface area contributed by atoms with E-state index < -0.39 is 39.2 Å². The highest BCUT2D eigenvalue weighted by molar-refractivity contribution is 7.90. The third-order valence-corrected chi connectivity index (χ3v) is 8.22. The number of nitrogens with zero attached hydrogens (tertiary/aromatic N) is 4. The molecule has 1 fully saturated rings. The second-order valence-corrected chi connectivity index (χ2v) is 11.6. The Labute approximate surface area is 226 Å². The molecule has 0 radical (unpaired) electrons. The Bertz CT molecular complexity index is 1390. The van der Waals surface area contributed by atoms with Crippen molar-refractivity contribution in [3.63, 3.8) is 0 Å². The number of sulfone groups is 1. The number of hydrogen-bond acceptors (Lipinski definition) is 9. The maximum absolute atomic E-state index is 13.4. The summed E-state index contributed by atoms with van der Waals surface area (Å²) in [6, 6.07) is 10.9. The van der Waals surface area contributed by atoms with Gasteiger partial charge < -0.3 is 14.6 Å². The molecule has 1 aliphatic rings. The van der Waals surface area contributed by atoms with Gasteiger partial charge in [-0.15, -0.1) is 10.2 Å². The number of carbonyl (C=O) groups is 3. The third-order valence-electron chi connectivity index (χ3n) is 6.54. The summed E-state index contributed by atoms with van der Waals surface area (Å²) in [5.41, 5.74) is 1.17. The molecule has 11 nitrogen and oxygen atoms in total. The minimum absolute atomic E-state index is 0.128. The molecule has 12 heteroatoms. The molecule has 2 aromatic heterocycles. The number of ketones is 1. The largest absolute Gasteiger partial charge is 0.414 e. The first-order valence-electron chi connectivity index (χ1n) is 12.9. The van der Waals surface area contributed by atoms with Gasteiger partial charge in [0.25, 0.3) is 5.89 Å². The van der Waals surface area contributed by atoms with Crippen molar-refractivity contribution >= 4 is 27.4 Å². The quantitative estimate of drug-likeness (QED) is 0.333. The van der Waals surface area contributed by atoms with Gasteiger partial charge in [-0.3, -0.25) is 19.4 Å². The van der Waals surface area contributed by atoms with E-state index in [1.807, 2.05) is 0 Å². The van der Waals surface area contributed by atoms with Crippen molar-refractivity contribution in [3.8, 4) is 11.5 Å². The second kappa shape index (κ2) is 12.7. The fourth-order valence-corrected chi connectivity index (χ4v) is 6.15. The molecule has 1 aromatic carbocycles. The van der Waals surface area contributed by atoms with Crippen LogP contribution in [0.4, 0.5) is 0 Å². The topological polar surface area (TPSA) is 152 Å². The first kappa shape index (κ1) is 28.1. The third kappa shape index (κ3) is 7.56. The maximum atomic E-state index is 13.4. The molecule has 0 saturated carbocycles. The van der Waals surface area contributed by atoms with Gasteiger partial charge in [0.05, 0.1) is 23.5 Å². The van der Waals surface area contributed by atoms with Crippen LogP contribution in [0, 0.1) is 5.92 Å². The van der Waals surface area contributed by atoms with Crippen LogP contribution in [0.3, 0.4) is 0 Å². The highest BCUT2D eigenvalue weighted by Gasteiger charge is 2.34. The molecule has 3 aromatic rings. The zero-order valence-corrected chi connectivity index (χ0v) is 22.5. The zero-order chi connectivity index (χ0) is 27.8. The molecule has 1 unspecified atom stereocenters. The molecule has 0 spiro atoms. The van der Waals surface area contributed by atoms with Gasteiger partial charge in [0.1, 0.15) is 0 Å². The van der Waals surface area contributed by atoms with Gasteiger partial charge in [-0.05, 0) is 37.0 Å². The van der Waals surface area contributed by atoms with Crippen LogP contribution in [0.25, 0.3) is 11.5 Å². The number of likely N-dealkylation sites (tertiary alicyclic amines) is 1. The van der Waals surface area contributed by atoms with Crippen LogP contribution in [-0.4, -0.2) is 71.0 Å². The Kier molecular flexibility index (Phi) is 9.18. The fraction of sp³-hybridized carbons (Fsp3) is 0.407. The first-order chi connectivity index (χ1) is 18.8. The van der Waals surface area contributed by atoms with Crippen LogP contribution < -0.4 is 5.32 Å². The van der Waals surface area contributed by atoms with Crippen molar-refractivity contribution in [2.24, 2.45) is 5.92 Å². The highest BCUT2D eigenvalue weighted by atomic mass is 32.2. The smallest absolute Gasteiger partial charge is 0.286 e. The first-order valence-corrected chi connectivity index (χ1v) is 14.7. The summed E-state index contributed by atoms with van der Waals surface area (Å²) in [7, 11) is -3.75. The molecule has 4 rings (SSSR count). The van der Waals surface area contributed by atoms with E-state index in [1.165, 1.54) is 0 Å². The van der Waals surface area contributed by atoms with Crippen LogP contribution in [-0.2, 0) is 25.2 Å². The minimum atomic E-state index is -3.75. The lowest BCUT2D eigenvalue weighted by atomic mass is 10.0. The summed E-state index contributed by atoms with van der Waals surface area (Å²) in [6.45, 7) is 2.85. The van der Waals surface area contributed by atoms with Crippen LogP contribution in [0.2, 0.25) is 0 Å². The van der Waals surface area contributed by atoms with E-state index in [2.05, 4.69) is 20.5 Å². The SMILES string of the molecule is CC[C@H](NC(=O)C(CC(=O)N1CCCC1)CS(=O)(=O)Cc1ccccc1)C(=O)c1nnc(-c2ccncc2)o1. The van der Waals surface area contributed by atoms with E-state index in [4.69, 9.17) is 4.42 Å². The minimum Gasteiger partial charge on any atom is -0.414 e. The van der Waals surface area contributed by atoms with E-state index >= 15 is 0 Å². The summed E-state index contributed by atoms with van der Waals surface area (Å²) in [6.07, 6.45) is 4.76. The van der Waals surface area contributed by atoms with Crippen molar-refractivity contribution in [2.45, 2.75) is 44.4 Å². The van der Waals surface area contributed by atoms with Crippen molar-refractivity contribution in [2.75, 3.05) is 18.8 Å². The van der Waals surface area contributed by atoms with Crippen LogP contribution >= 0.6 is 0 Å². The Morgan fingerprint density at radius 2 is 1.72 bits per heavy atom. The standard InChI is InChI=1S/C27H31N5O6S/c1-2-22(24(34)27-31-30-26(38-27)20-10-12-28-13-11-20)29-25(35)21(16-23(33)32-14-6-7-15-32)18-39(36,37)17-19-8-4-3-5-9-19/h3-5,8-13,21-22H,2,6-7,14-18H2,1H3,(H,29,35)/t21?,22-/m0/s1. The summed E-state index contributed by atoms with van der Waals surface area (Å²) in [5.74, 6) is -3.66. The van der Waals surface area contributed by atoms with Crippen LogP contribution in [0.1, 0.15) is 48.9 Å². The molecular weight excluding hydrogens is 522 g/mol. The zero-order valence-electron chi connectivity index (χ0n) is 21.7. The summed E-state index contributed by atoms with van der Waals surface area (Å²) >= 11 is 0. The predicted molar refractivity (Wildman–Crippen MR) is 142 cm³/mol. The number of hydrogen-bond donors (Lipinski definition) is 1. The van der Waals surface area contributed by atoms with Gasteiger partial charge in [-0.1, -0.05) is 37.3 Å². The van der Waals surface area contributed by atoms with Crippen molar-refractivity contribution in [1.29, 1.82) is 0 Å². The number of amides is 2. The van der Waals surface area contributed by atoms with Crippen molar-refractivity contribution < 1.29 is 27.2 Å². The molecule has 0 bridgehead atoms. The van der Waals surface area contributed by atoms with Gasteiger partial charge in [0.15, 0.2) is 9.84 Å². The molecule has 1 saturated heterocycles. The molecule has 1 N–H and O–H groups in total. The Hall–Kier alpha value is -3.93. The summed E-state index contributed by atoms with van der Waals surface area (Å²) in [4.78, 5) is 45.0. The molecule has 3 heterocycles. The number of carbonyl (C=O) groups excluding carboxylic acids is 3. The number of nitrogens with one attached hydrogen (secondary N) is 1. The van der Waals surface area contributed by atoms with E-state index in [-0.39, 0.29) is 36.3 Å². The average Bonchev–Trinajstić information content (AvgIpc) is 3.65. The van der Waals surface area contributed by atoms with Crippen LogP contribution in [0.15, 0.2) is 59.3 Å². The molecule has 1 aliphatic heterocycles.